The molecule has 27 heavy (non-hydrogen) atoms. The first-order valence-electron chi connectivity index (χ1n) is 8.86. The highest BCUT2D eigenvalue weighted by Gasteiger charge is 2.14. The lowest BCUT2D eigenvalue weighted by Crippen LogP contribution is -2.28. The van der Waals surface area contributed by atoms with Crippen molar-refractivity contribution in [3.63, 3.8) is 0 Å². The first-order valence-corrected chi connectivity index (χ1v) is 8.86. The molecule has 0 saturated heterocycles. The Bertz CT molecular complexity index is 890. The van der Waals surface area contributed by atoms with Gasteiger partial charge in [0.15, 0.2) is 0 Å². The third kappa shape index (κ3) is 4.95. The van der Waals surface area contributed by atoms with E-state index in [-0.39, 0.29) is 18.5 Å². The number of hydrogen-bond donors (Lipinski definition) is 2. The predicted octanol–water partition coefficient (Wildman–Crippen LogP) is 3.72. The summed E-state index contributed by atoms with van der Waals surface area (Å²) in [5.41, 5.74) is 1.14. The molecule has 0 fully saturated rings. The van der Waals surface area contributed by atoms with Crippen molar-refractivity contribution in [3.05, 3.63) is 78.1 Å². The van der Waals surface area contributed by atoms with Crippen molar-refractivity contribution in [2.75, 3.05) is 6.54 Å². The van der Waals surface area contributed by atoms with E-state index in [1.165, 1.54) is 6.20 Å². The van der Waals surface area contributed by atoms with Gasteiger partial charge in [-0.3, -0.25) is 9.48 Å². The molecule has 6 nitrogen and oxygen atoms in total. The van der Waals surface area contributed by atoms with Crippen molar-refractivity contribution < 1.29 is 14.6 Å². The van der Waals surface area contributed by atoms with E-state index in [1.807, 2.05) is 56.3 Å². The van der Waals surface area contributed by atoms with Crippen LogP contribution in [0.4, 0.5) is 0 Å². The van der Waals surface area contributed by atoms with Crippen molar-refractivity contribution in [2.45, 2.75) is 26.0 Å². The van der Waals surface area contributed by atoms with Crippen molar-refractivity contribution in [2.24, 2.45) is 0 Å². The van der Waals surface area contributed by atoms with Gasteiger partial charge in [-0.25, -0.2) is 0 Å². The summed E-state index contributed by atoms with van der Waals surface area (Å²) in [5, 5.41) is 17.3. The van der Waals surface area contributed by atoms with Gasteiger partial charge in [0.2, 0.25) is 0 Å². The molecule has 140 valence electrons. The fourth-order valence-electron chi connectivity index (χ4n) is 2.56. The average molecular weight is 365 g/mol. The van der Waals surface area contributed by atoms with E-state index in [0.717, 1.165) is 5.75 Å². The standard InChI is InChI=1S/C21H23N3O3/c1-15(2)24-14-17(12-23-24)21(26)22-13-20(25)16-7-6-10-19(11-16)27-18-8-4-3-5-9-18/h3-12,14-15,20,25H,13H2,1-2H3,(H,22,26)/t20-/m1/s1. The molecule has 1 aromatic heterocycles. The van der Waals surface area contributed by atoms with Crippen LogP contribution in [0.5, 0.6) is 11.5 Å². The number of benzene rings is 2. The average Bonchev–Trinajstić information content (AvgIpc) is 3.17. The van der Waals surface area contributed by atoms with Crippen molar-refractivity contribution in [1.29, 1.82) is 0 Å². The smallest absolute Gasteiger partial charge is 0.254 e. The number of aliphatic hydroxyl groups excluding tert-OH is 1. The molecule has 0 aliphatic carbocycles. The summed E-state index contributed by atoms with van der Waals surface area (Å²) in [4.78, 5) is 12.2. The van der Waals surface area contributed by atoms with Gasteiger partial charge in [-0.15, -0.1) is 0 Å². The number of para-hydroxylation sites is 1. The van der Waals surface area contributed by atoms with Crippen molar-refractivity contribution in [1.82, 2.24) is 15.1 Å². The number of hydrogen-bond acceptors (Lipinski definition) is 4. The normalized spacial score (nSPS) is 12.0. The maximum atomic E-state index is 12.2. The zero-order valence-electron chi connectivity index (χ0n) is 15.4. The molecular weight excluding hydrogens is 342 g/mol. The Morgan fingerprint density at radius 3 is 2.59 bits per heavy atom. The molecule has 0 saturated carbocycles. The number of aliphatic hydroxyl groups is 1. The van der Waals surface area contributed by atoms with E-state index in [1.54, 1.807) is 23.0 Å². The molecule has 2 N–H and O–H groups in total. The molecule has 1 atom stereocenters. The monoisotopic (exact) mass is 365 g/mol. The lowest BCUT2D eigenvalue weighted by Gasteiger charge is -2.13. The molecule has 0 radical (unpaired) electrons. The molecule has 0 aliphatic rings. The van der Waals surface area contributed by atoms with Gasteiger partial charge in [0.25, 0.3) is 5.91 Å². The largest absolute Gasteiger partial charge is 0.457 e. The predicted molar refractivity (Wildman–Crippen MR) is 103 cm³/mol. The number of amides is 1. The van der Waals surface area contributed by atoms with E-state index >= 15 is 0 Å². The van der Waals surface area contributed by atoms with E-state index in [4.69, 9.17) is 4.74 Å². The van der Waals surface area contributed by atoms with Gasteiger partial charge in [0.05, 0.1) is 17.9 Å². The number of aromatic nitrogens is 2. The Hall–Kier alpha value is -3.12. The van der Waals surface area contributed by atoms with Crippen LogP contribution in [-0.2, 0) is 0 Å². The molecular formula is C21H23N3O3. The van der Waals surface area contributed by atoms with E-state index in [2.05, 4.69) is 10.4 Å². The molecule has 0 aliphatic heterocycles. The van der Waals surface area contributed by atoms with E-state index in [9.17, 15) is 9.90 Å². The Morgan fingerprint density at radius 1 is 1.15 bits per heavy atom. The third-order valence-corrected chi connectivity index (χ3v) is 4.07. The lowest BCUT2D eigenvalue weighted by atomic mass is 10.1. The molecule has 1 heterocycles. The second kappa shape index (κ2) is 8.51. The summed E-state index contributed by atoms with van der Waals surface area (Å²) in [7, 11) is 0. The molecule has 0 spiro atoms. The molecule has 1 amide bonds. The van der Waals surface area contributed by atoms with Crippen LogP contribution in [-0.4, -0.2) is 27.3 Å². The highest BCUT2D eigenvalue weighted by atomic mass is 16.5. The highest BCUT2D eigenvalue weighted by Crippen LogP contribution is 2.24. The molecule has 0 bridgehead atoms. The summed E-state index contributed by atoms with van der Waals surface area (Å²) >= 11 is 0. The molecule has 3 aromatic rings. The van der Waals surface area contributed by atoms with E-state index in [0.29, 0.717) is 16.9 Å². The SMILES string of the molecule is CC(C)n1cc(C(=O)NC[C@@H](O)c2cccc(Oc3ccccc3)c2)cn1. The second-order valence-electron chi connectivity index (χ2n) is 6.52. The van der Waals surface area contributed by atoms with E-state index < -0.39 is 6.10 Å². The van der Waals surface area contributed by atoms with Crippen LogP contribution in [0.15, 0.2) is 67.0 Å². The minimum atomic E-state index is -0.839. The number of nitrogens with one attached hydrogen (secondary N) is 1. The second-order valence-corrected chi connectivity index (χ2v) is 6.52. The first kappa shape index (κ1) is 18.7. The van der Waals surface area contributed by atoms with Gasteiger partial charge in [-0.2, -0.15) is 5.10 Å². The number of rotatable bonds is 7. The number of ether oxygens (including phenoxy) is 1. The Kier molecular flexibility index (Phi) is 5.88. The summed E-state index contributed by atoms with van der Waals surface area (Å²) in [5.74, 6) is 1.08. The topological polar surface area (TPSA) is 76.4 Å². The minimum Gasteiger partial charge on any atom is -0.457 e. The van der Waals surface area contributed by atoms with Crippen LogP contribution in [0.2, 0.25) is 0 Å². The van der Waals surface area contributed by atoms with Crippen LogP contribution in [0.3, 0.4) is 0 Å². The lowest BCUT2D eigenvalue weighted by molar-refractivity contribution is 0.0916. The van der Waals surface area contributed by atoms with Gasteiger partial charge in [0.1, 0.15) is 11.5 Å². The summed E-state index contributed by atoms with van der Waals surface area (Å²) in [6.45, 7) is 4.08. The van der Waals surface area contributed by atoms with Crippen LogP contribution in [0.1, 0.15) is 41.9 Å². The summed E-state index contributed by atoms with van der Waals surface area (Å²) in [6, 6.07) is 16.8. The molecule has 2 aromatic carbocycles. The fourth-order valence-corrected chi connectivity index (χ4v) is 2.56. The fraction of sp³-hybridized carbons (Fsp3) is 0.238. The highest BCUT2D eigenvalue weighted by molar-refractivity contribution is 5.93. The van der Waals surface area contributed by atoms with Crippen LogP contribution >= 0.6 is 0 Å². The number of carbonyl (C=O) groups excluding carboxylic acids is 1. The van der Waals surface area contributed by atoms with Gasteiger partial charge in [0, 0.05) is 18.8 Å². The van der Waals surface area contributed by atoms with Gasteiger partial charge in [-0.1, -0.05) is 30.3 Å². The summed E-state index contributed by atoms with van der Waals surface area (Å²) in [6.07, 6.45) is 2.38. The van der Waals surface area contributed by atoms with Gasteiger partial charge >= 0.3 is 0 Å². The molecule has 3 rings (SSSR count). The maximum Gasteiger partial charge on any atom is 0.254 e. The minimum absolute atomic E-state index is 0.0977. The number of carbonyl (C=O) groups is 1. The maximum absolute atomic E-state index is 12.2. The third-order valence-electron chi connectivity index (χ3n) is 4.07. The Balaban J connectivity index is 1.59. The van der Waals surface area contributed by atoms with Crippen LogP contribution in [0.25, 0.3) is 0 Å². The molecule has 6 heteroatoms. The van der Waals surface area contributed by atoms with Gasteiger partial charge in [-0.05, 0) is 43.7 Å². The zero-order chi connectivity index (χ0) is 19.2. The zero-order valence-corrected chi connectivity index (χ0v) is 15.4. The van der Waals surface area contributed by atoms with Crippen LogP contribution < -0.4 is 10.1 Å². The summed E-state index contributed by atoms with van der Waals surface area (Å²) < 4.78 is 7.50. The molecule has 0 unspecified atom stereocenters. The van der Waals surface area contributed by atoms with Crippen molar-refractivity contribution in [3.8, 4) is 11.5 Å². The van der Waals surface area contributed by atoms with Crippen molar-refractivity contribution >= 4 is 5.91 Å². The Morgan fingerprint density at radius 2 is 1.89 bits per heavy atom. The first-order chi connectivity index (χ1) is 13.0. The quantitative estimate of drug-likeness (QED) is 0.669. The number of nitrogens with zero attached hydrogens (tertiary/aromatic N) is 2. The van der Waals surface area contributed by atoms with Gasteiger partial charge < -0.3 is 15.2 Å². The Labute approximate surface area is 158 Å². The van der Waals surface area contributed by atoms with Crippen LogP contribution in [0, 0.1) is 0 Å².